The van der Waals surface area contributed by atoms with Crippen molar-refractivity contribution in [1.29, 1.82) is 0 Å². The quantitative estimate of drug-likeness (QED) is 0.299. The molecule has 1 aliphatic carbocycles. The summed E-state index contributed by atoms with van der Waals surface area (Å²) in [5.74, 6) is -2.10. The minimum Gasteiger partial charge on any atom is -0.481 e. The molecule has 0 radical (unpaired) electrons. The molecule has 3 aromatic rings. The summed E-state index contributed by atoms with van der Waals surface area (Å²) < 4.78 is 80.8. The van der Waals surface area contributed by atoms with Crippen LogP contribution >= 0.6 is 11.8 Å². The largest absolute Gasteiger partial charge is 0.481 e. The lowest BCUT2D eigenvalue weighted by molar-refractivity contribution is -0.148. The van der Waals surface area contributed by atoms with Crippen molar-refractivity contribution >= 4 is 45.9 Å². The van der Waals surface area contributed by atoms with Gasteiger partial charge < -0.3 is 5.11 Å². The van der Waals surface area contributed by atoms with Gasteiger partial charge in [0.05, 0.1) is 40.2 Å². The molecule has 1 saturated carbocycles. The molecular weight excluding hydrogens is 552 g/mol. The van der Waals surface area contributed by atoms with Crippen molar-refractivity contribution < 1.29 is 45.8 Å². The Kier molecular flexibility index (Phi) is 6.48. The van der Waals surface area contributed by atoms with Crippen LogP contribution in [0.5, 0.6) is 0 Å². The maximum Gasteiger partial charge on any atom is 0.416 e. The Morgan fingerprint density at radius 2 is 1.77 bits per heavy atom. The normalized spacial score (nSPS) is 21.2. The average molecular weight is 569 g/mol. The molecule has 1 saturated heterocycles. The van der Waals surface area contributed by atoms with Crippen molar-refractivity contribution in [3.8, 4) is 0 Å². The Morgan fingerprint density at radius 1 is 1.05 bits per heavy atom. The summed E-state index contributed by atoms with van der Waals surface area (Å²) in [5, 5.41) is 13.1. The zero-order chi connectivity index (χ0) is 28.3. The van der Waals surface area contributed by atoms with Crippen molar-refractivity contribution in [2.45, 2.75) is 37.8 Å². The number of hydrogen-bond acceptors (Lipinski definition) is 5. The number of benzene rings is 2. The van der Waals surface area contributed by atoms with Gasteiger partial charge >= 0.3 is 18.3 Å². The summed E-state index contributed by atoms with van der Waals surface area (Å²) in [6, 6.07) is 5.69. The van der Waals surface area contributed by atoms with Crippen LogP contribution in [0.1, 0.15) is 35.1 Å². The van der Waals surface area contributed by atoms with E-state index in [0.717, 1.165) is 22.7 Å². The van der Waals surface area contributed by atoms with E-state index in [-0.39, 0.29) is 29.4 Å². The van der Waals surface area contributed by atoms with Crippen molar-refractivity contribution in [3.05, 3.63) is 69.8 Å². The van der Waals surface area contributed by atoms with Crippen molar-refractivity contribution in [1.82, 2.24) is 14.7 Å². The van der Waals surface area contributed by atoms with Crippen molar-refractivity contribution in [2.24, 2.45) is 5.92 Å². The van der Waals surface area contributed by atoms with E-state index in [0.29, 0.717) is 22.5 Å². The van der Waals surface area contributed by atoms with Crippen molar-refractivity contribution in [2.75, 3.05) is 0 Å². The fourth-order valence-corrected chi connectivity index (χ4v) is 5.48. The fraction of sp³-hybridized carbons (Fsp3) is 0.280. The first kappa shape index (κ1) is 26.8. The van der Waals surface area contributed by atoms with E-state index in [9.17, 15) is 40.7 Å². The van der Waals surface area contributed by atoms with E-state index >= 15 is 0 Å². The monoisotopic (exact) mass is 569 g/mol. The number of halogens is 6. The minimum atomic E-state index is -5.01. The number of nitrogens with zero attached hydrogens (tertiary/aromatic N) is 3. The van der Waals surface area contributed by atoms with E-state index in [2.05, 4.69) is 5.10 Å². The number of carbonyl (C=O) groups excluding carboxylic acids is 2. The number of carbonyl (C=O) groups is 3. The Morgan fingerprint density at radius 3 is 2.41 bits per heavy atom. The molecule has 2 aromatic carbocycles. The fourth-order valence-electron chi connectivity index (χ4n) is 4.58. The molecule has 5 rings (SSSR count). The molecule has 39 heavy (non-hydrogen) atoms. The molecule has 1 N–H and O–H groups in total. The van der Waals surface area contributed by atoms with Gasteiger partial charge in [0.15, 0.2) is 0 Å². The van der Waals surface area contributed by atoms with Crippen LogP contribution in [0, 0.1) is 5.92 Å². The van der Waals surface area contributed by atoms with E-state index in [4.69, 9.17) is 5.11 Å². The topological polar surface area (TPSA) is 92.5 Å². The van der Waals surface area contributed by atoms with Gasteiger partial charge in [-0.15, -0.1) is 0 Å². The van der Waals surface area contributed by atoms with Gasteiger partial charge in [-0.1, -0.05) is 12.1 Å². The predicted octanol–water partition coefficient (Wildman–Crippen LogP) is 6.02. The van der Waals surface area contributed by atoms with Gasteiger partial charge in [0.25, 0.3) is 11.1 Å². The van der Waals surface area contributed by atoms with Crippen LogP contribution in [0.25, 0.3) is 17.0 Å². The third kappa shape index (κ3) is 5.12. The van der Waals surface area contributed by atoms with Gasteiger partial charge in [-0.2, -0.15) is 31.4 Å². The third-order valence-electron chi connectivity index (χ3n) is 6.68. The molecule has 0 atom stereocenters. The number of carboxylic acids is 1. The average Bonchev–Trinajstić information content (AvgIpc) is 3.32. The Bertz CT molecular complexity index is 1540. The number of hydrogen-bond donors (Lipinski definition) is 1. The first-order valence-corrected chi connectivity index (χ1v) is 12.3. The van der Waals surface area contributed by atoms with Crippen LogP contribution in [0.4, 0.5) is 31.1 Å². The second kappa shape index (κ2) is 9.43. The first-order chi connectivity index (χ1) is 18.2. The Balaban J connectivity index is 1.38. The van der Waals surface area contributed by atoms with Gasteiger partial charge in [0.2, 0.25) is 0 Å². The molecule has 0 bridgehead atoms. The van der Waals surface area contributed by atoms with Gasteiger partial charge in [0.1, 0.15) is 0 Å². The third-order valence-corrected chi connectivity index (χ3v) is 7.56. The lowest BCUT2D eigenvalue weighted by atomic mass is 9.79. The lowest BCUT2D eigenvalue weighted by Gasteiger charge is -2.37. The van der Waals surface area contributed by atoms with Crippen LogP contribution < -0.4 is 0 Å². The van der Waals surface area contributed by atoms with E-state index in [1.807, 2.05) is 0 Å². The highest BCUT2D eigenvalue weighted by Crippen LogP contribution is 2.41. The van der Waals surface area contributed by atoms with Crippen LogP contribution in [0.15, 0.2) is 47.5 Å². The standard InChI is InChI=1S/C25H17F6N3O4S/c26-24(27,28)16-3-2-13(18(9-16)25(29,30)31)11-33-19-4-1-12(5-15(19)10-32-33)6-20-21(35)34(23(38)39-20)17-7-14(8-17)22(36)37/h1-6,9-10,14,17H,7-8,11H2,(H,36,37)/b20-6-. The highest BCUT2D eigenvalue weighted by Gasteiger charge is 2.47. The van der Waals surface area contributed by atoms with Gasteiger partial charge in [-0.25, -0.2) is 0 Å². The van der Waals surface area contributed by atoms with Gasteiger partial charge in [0, 0.05) is 11.4 Å². The number of aromatic nitrogens is 2. The molecule has 2 aliphatic rings. The summed E-state index contributed by atoms with van der Waals surface area (Å²) in [6.45, 7) is -0.437. The first-order valence-electron chi connectivity index (χ1n) is 11.4. The molecule has 2 heterocycles. The van der Waals surface area contributed by atoms with Crippen LogP contribution in [0.3, 0.4) is 0 Å². The second-order valence-electron chi connectivity index (χ2n) is 9.20. The summed E-state index contributed by atoms with van der Waals surface area (Å²) in [7, 11) is 0. The lowest BCUT2D eigenvalue weighted by Crippen LogP contribution is -2.48. The molecule has 0 unspecified atom stereocenters. The summed E-state index contributed by atoms with van der Waals surface area (Å²) in [6.07, 6.45) is -6.70. The van der Waals surface area contributed by atoms with E-state index in [1.165, 1.54) is 17.0 Å². The molecular formula is C25H17F6N3O4S. The Hall–Kier alpha value is -3.81. The zero-order valence-corrected chi connectivity index (χ0v) is 20.4. The highest BCUT2D eigenvalue weighted by molar-refractivity contribution is 8.18. The number of rotatable bonds is 5. The molecule has 7 nitrogen and oxygen atoms in total. The Labute approximate surface area is 220 Å². The number of alkyl halides is 6. The number of carboxylic acid groups (broad SMARTS) is 1. The highest BCUT2D eigenvalue weighted by atomic mass is 32.2. The number of aliphatic carboxylic acids is 1. The molecule has 2 fully saturated rings. The second-order valence-corrected chi connectivity index (χ2v) is 10.2. The van der Waals surface area contributed by atoms with Crippen LogP contribution in [-0.4, -0.2) is 42.9 Å². The molecule has 1 aliphatic heterocycles. The molecule has 0 spiro atoms. The number of thioether (sulfide) groups is 1. The number of fused-ring (bicyclic) bond motifs is 1. The summed E-state index contributed by atoms with van der Waals surface area (Å²) in [4.78, 5) is 37.4. The van der Waals surface area contributed by atoms with Gasteiger partial charge in [-0.3, -0.25) is 24.0 Å². The van der Waals surface area contributed by atoms with Crippen LogP contribution in [-0.2, 0) is 28.5 Å². The zero-order valence-electron chi connectivity index (χ0n) is 19.6. The maximum atomic E-state index is 13.5. The molecule has 204 valence electrons. The SMILES string of the molecule is O=C(O)C1CC(N2C(=O)S/C(=C\c3ccc4c(cnn4Cc4ccc(C(F)(F)F)cc4C(F)(F)F)c3)C2=O)C1. The minimum absolute atomic E-state index is 0.0809. The van der Waals surface area contributed by atoms with E-state index < -0.39 is 59.1 Å². The smallest absolute Gasteiger partial charge is 0.416 e. The number of amides is 2. The van der Waals surface area contributed by atoms with Crippen molar-refractivity contribution in [3.63, 3.8) is 0 Å². The van der Waals surface area contributed by atoms with Crippen LogP contribution in [0.2, 0.25) is 0 Å². The number of imide groups is 1. The molecule has 1 aromatic heterocycles. The van der Waals surface area contributed by atoms with E-state index in [1.54, 1.807) is 18.2 Å². The molecule has 14 heteroatoms. The molecule has 2 amide bonds. The maximum absolute atomic E-state index is 13.5. The summed E-state index contributed by atoms with van der Waals surface area (Å²) >= 11 is 0.727. The van der Waals surface area contributed by atoms with Gasteiger partial charge in [-0.05, 0) is 66.1 Å². The summed E-state index contributed by atoms with van der Waals surface area (Å²) in [5.41, 5.74) is -2.29. The predicted molar refractivity (Wildman–Crippen MR) is 127 cm³/mol.